The quantitative estimate of drug-likeness (QED) is 0.514. The Morgan fingerprint density at radius 3 is 2.73 bits per heavy atom. The van der Waals surface area contributed by atoms with E-state index in [2.05, 4.69) is 19.6 Å². The lowest BCUT2D eigenvalue weighted by Crippen LogP contribution is -2.00. The fourth-order valence-corrected chi connectivity index (χ4v) is 1.81. The van der Waals surface area contributed by atoms with Gasteiger partial charge in [0.15, 0.2) is 0 Å². The van der Waals surface area contributed by atoms with Crippen LogP contribution < -0.4 is 0 Å². The van der Waals surface area contributed by atoms with Crippen LogP contribution in [-0.2, 0) is 4.79 Å². The molecule has 0 aromatic heterocycles. The summed E-state index contributed by atoms with van der Waals surface area (Å²) >= 11 is 6.05. The van der Waals surface area contributed by atoms with Gasteiger partial charge >= 0.3 is 0 Å². The van der Waals surface area contributed by atoms with Crippen LogP contribution >= 0.6 is 24.4 Å². The Kier molecular flexibility index (Phi) is 7.28. The van der Waals surface area contributed by atoms with Crippen LogP contribution in [0.3, 0.4) is 0 Å². The molecule has 0 spiro atoms. The molecule has 3 heteroatoms. The fraction of sp³-hybridized carbons (Fsp3) is 0.875. The van der Waals surface area contributed by atoms with E-state index >= 15 is 0 Å². The molecule has 1 nitrogen and oxygen atoms in total. The predicted molar refractivity (Wildman–Crippen MR) is 55.7 cm³/mol. The summed E-state index contributed by atoms with van der Waals surface area (Å²) in [6.45, 7) is 3.98. The highest BCUT2D eigenvalue weighted by Crippen LogP contribution is 2.08. The molecule has 0 aromatic carbocycles. The monoisotopic (exact) mass is 192 g/mol. The van der Waals surface area contributed by atoms with E-state index in [1.807, 2.05) is 18.7 Å². The third kappa shape index (κ3) is 8.27. The largest absolute Gasteiger partial charge is 0.300 e. The average Bonchev–Trinajstić information content (AvgIpc) is 1.97. The maximum absolute atomic E-state index is 10.8. The SMILES string of the molecule is CCC(=O)CCSCC(C)S. The zero-order chi connectivity index (χ0) is 8.69. The van der Waals surface area contributed by atoms with Gasteiger partial charge in [-0.3, -0.25) is 4.79 Å². The summed E-state index contributed by atoms with van der Waals surface area (Å²) in [6, 6.07) is 0. The van der Waals surface area contributed by atoms with E-state index < -0.39 is 0 Å². The molecule has 1 unspecified atom stereocenters. The molecule has 0 aliphatic carbocycles. The van der Waals surface area contributed by atoms with E-state index in [9.17, 15) is 4.79 Å². The van der Waals surface area contributed by atoms with Gasteiger partial charge in [0, 0.05) is 29.6 Å². The Hall–Kier alpha value is 0.370. The van der Waals surface area contributed by atoms with Crippen molar-refractivity contribution in [2.24, 2.45) is 0 Å². The maximum atomic E-state index is 10.8. The second-order valence-corrected chi connectivity index (χ2v) is 4.60. The minimum Gasteiger partial charge on any atom is -0.300 e. The minimum absolute atomic E-state index is 0.365. The highest BCUT2D eigenvalue weighted by Gasteiger charge is 1.99. The normalized spacial score (nSPS) is 13.0. The van der Waals surface area contributed by atoms with E-state index in [0.29, 0.717) is 17.5 Å². The molecule has 0 aromatic rings. The van der Waals surface area contributed by atoms with Crippen molar-refractivity contribution in [3.8, 4) is 0 Å². The molecular weight excluding hydrogens is 176 g/mol. The standard InChI is InChI=1S/C8H16OS2/c1-3-8(9)4-5-11-6-7(2)10/h7,10H,3-6H2,1-2H3. The van der Waals surface area contributed by atoms with Crippen LogP contribution in [0, 0.1) is 0 Å². The molecule has 0 saturated heterocycles. The lowest BCUT2D eigenvalue weighted by atomic mass is 10.2. The van der Waals surface area contributed by atoms with Gasteiger partial charge in [0.05, 0.1) is 0 Å². The molecule has 0 N–H and O–H groups in total. The van der Waals surface area contributed by atoms with Crippen molar-refractivity contribution >= 4 is 30.2 Å². The van der Waals surface area contributed by atoms with Gasteiger partial charge in [0.2, 0.25) is 0 Å². The number of thioether (sulfide) groups is 1. The zero-order valence-electron chi connectivity index (χ0n) is 7.17. The number of carbonyl (C=O) groups excluding carboxylic acids is 1. The maximum Gasteiger partial charge on any atom is 0.133 e. The summed E-state index contributed by atoms with van der Waals surface area (Å²) in [4.78, 5) is 10.8. The first-order chi connectivity index (χ1) is 5.16. The zero-order valence-corrected chi connectivity index (χ0v) is 8.88. The van der Waals surface area contributed by atoms with E-state index in [1.54, 1.807) is 0 Å². The van der Waals surface area contributed by atoms with Gasteiger partial charge in [-0.25, -0.2) is 0 Å². The molecular formula is C8H16OS2. The van der Waals surface area contributed by atoms with Gasteiger partial charge in [0.1, 0.15) is 5.78 Å². The number of Topliss-reactive ketones (excluding diaryl/α,β-unsaturated/α-hetero) is 1. The first kappa shape index (κ1) is 11.4. The Bertz CT molecular complexity index is 113. The van der Waals surface area contributed by atoms with E-state index in [-0.39, 0.29) is 0 Å². The van der Waals surface area contributed by atoms with Crippen LogP contribution in [0.4, 0.5) is 0 Å². The van der Waals surface area contributed by atoms with Crippen molar-refractivity contribution in [3.05, 3.63) is 0 Å². The Balaban J connectivity index is 3.08. The topological polar surface area (TPSA) is 17.1 Å². The Labute approximate surface area is 78.7 Å². The molecule has 1 atom stereocenters. The van der Waals surface area contributed by atoms with Crippen LogP contribution in [0.2, 0.25) is 0 Å². The molecule has 0 amide bonds. The highest BCUT2D eigenvalue weighted by atomic mass is 32.2. The Morgan fingerprint density at radius 2 is 2.27 bits per heavy atom. The van der Waals surface area contributed by atoms with Crippen molar-refractivity contribution in [1.29, 1.82) is 0 Å². The van der Waals surface area contributed by atoms with Gasteiger partial charge in [-0.1, -0.05) is 13.8 Å². The number of carbonyl (C=O) groups is 1. The molecule has 0 aliphatic heterocycles. The smallest absolute Gasteiger partial charge is 0.133 e. The molecule has 11 heavy (non-hydrogen) atoms. The molecule has 0 rings (SSSR count). The van der Waals surface area contributed by atoms with Crippen LogP contribution in [-0.4, -0.2) is 22.5 Å². The summed E-state index contributed by atoms with van der Waals surface area (Å²) < 4.78 is 0. The summed E-state index contributed by atoms with van der Waals surface area (Å²) in [5.74, 6) is 2.36. The molecule has 0 saturated carbocycles. The van der Waals surface area contributed by atoms with E-state index in [0.717, 1.165) is 17.9 Å². The second-order valence-electron chi connectivity index (χ2n) is 2.57. The first-order valence-electron chi connectivity index (χ1n) is 3.94. The number of thiol groups is 1. The summed E-state index contributed by atoms with van der Waals surface area (Å²) in [5, 5.41) is 0.441. The van der Waals surface area contributed by atoms with Gasteiger partial charge in [0.25, 0.3) is 0 Å². The van der Waals surface area contributed by atoms with Crippen LogP contribution in [0.25, 0.3) is 0 Å². The van der Waals surface area contributed by atoms with Crippen molar-refractivity contribution in [3.63, 3.8) is 0 Å². The highest BCUT2D eigenvalue weighted by molar-refractivity contribution is 8.00. The number of ketones is 1. The van der Waals surface area contributed by atoms with Crippen LogP contribution in [0.15, 0.2) is 0 Å². The van der Waals surface area contributed by atoms with E-state index in [4.69, 9.17) is 0 Å². The van der Waals surface area contributed by atoms with Crippen molar-refractivity contribution in [1.82, 2.24) is 0 Å². The molecule has 0 fully saturated rings. The summed E-state index contributed by atoms with van der Waals surface area (Å²) in [5.41, 5.74) is 0. The van der Waals surface area contributed by atoms with Gasteiger partial charge in [-0.15, -0.1) is 0 Å². The predicted octanol–water partition coefficient (Wildman–Crippen LogP) is 2.41. The third-order valence-electron chi connectivity index (χ3n) is 1.28. The van der Waals surface area contributed by atoms with Crippen LogP contribution in [0.1, 0.15) is 26.7 Å². The molecule has 0 aliphatic rings. The number of hydrogen-bond acceptors (Lipinski definition) is 3. The fourth-order valence-electron chi connectivity index (χ4n) is 0.617. The number of hydrogen-bond donors (Lipinski definition) is 1. The molecule has 66 valence electrons. The molecule has 0 bridgehead atoms. The third-order valence-corrected chi connectivity index (χ3v) is 2.94. The van der Waals surface area contributed by atoms with Crippen molar-refractivity contribution < 1.29 is 4.79 Å². The summed E-state index contributed by atoms with van der Waals surface area (Å²) in [7, 11) is 0. The molecule has 0 radical (unpaired) electrons. The van der Waals surface area contributed by atoms with Gasteiger partial charge < -0.3 is 0 Å². The minimum atomic E-state index is 0.365. The Morgan fingerprint density at radius 1 is 1.64 bits per heavy atom. The van der Waals surface area contributed by atoms with Crippen molar-refractivity contribution in [2.75, 3.05) is 11.5 Å². The van der Waals surface area contributed by atoms with Gasteiger partial charge in [-0.2, -0.15) is 24.4 Å². The lowest BCUT2D eigenvalue weighted by Gasteiger charge is -2.02. The average molecular weight is 192 g/mol. The van der Waals surface area contributed by atoms with Crippen LogP contribution in [0.5, 0.6) is 0 Å². The van der Waals surface area contributed by atoms with Gasteiger partial charge in [-0.05, 0) is 0 Å². The second kappa shape index (κ2) is 7.04. The lowest BCUT2D eigenvalue weighted by molar-refractivity contribution is -0.118. The van der Waals surface area contributed by atoms with Crippen molar-refractivity contribution in [2.45, 2.75) is 31.9 Å². The molecule has 0 heterocycles. The first-order valence-corrected chi connectivity index (χ1v) is 5.61. The summed E-state index contributed by atoms with van der Waals surface area (Å²) in [6.07, 6.45) is 1.40. The van der Waals surface area contributed by atoms with E-state index in [1.165, 1.54) is 0 Å². The number of rotatable bonds is 6.